The van der Waals surface area contributed by atoms with E-state index in [2.05, 4.69) is 91.7 Å². The molecular formula is C47H64N2O2. The SMILES string of the molecule is CCCOc1ccc(-c2ccc(CCC3CCC(CC)CC3)cn2)cc1.CCOc1ccc(-c2ccc(CCC3CCC(CC)CC3)cn2)cc1. The molecule has 0 atom stereocenters. The van der Waals surface area contributed by atoms with E-state index in [-0.39, 0.29) is 0 Å². The van der Waals surface area contributed by atoms with Crippen LogP contribution in [0.15, 0.2) is 85.2 Å². The molecule has 4 nitrogen and oxygen atoms in total. The van der Waals surface area contributed by atoms with E-state index in [1.54, 1.807) is 0 Å². The van der Waals surface area contributed by atoms with Gasteiger partial charge in [-0.05, 0) is 134 Å². The van der Waals surface area contributed by atoms with Crippen LogP contribution in [0.4, 0.5) is 0 Å². The van der Waals surface area contributed by atoms with Crippen LogP contribution in [0.5, 0.6) is 11.5 Å². The van der Waals surface area contributed by atoms with Gasteiger partial charge >= 0.3 is 0 Å². The van der Waals surface area contributed by atoms with E-state index in [4.69, 9.17) is 9.47 Å². The molecule has 0 bridgehead atoms. The molecule has 2 aliphatic carbocycles. The number of benzene rings is 2. The van der Waals surface area contributed by atoms with Gasteiger partial charge in [-0.1, -0.05) is 97.1 Å². The summed E-state index contributed by atoms with van der Waals surface area (Å²) in [6.45, 7) is 10.3. The number of aromatic nitrogens is 2. The Morgan fingerprint density at radius 1 is 0.490 bits per heavy atom. The summed E-state index contributed by atoms with van der Waals surface area (Å²) in [6, 6.07) is 25.3. The normalized spacial score (nSPS) is 20.2. The lowest BCUT2D eigenvalue weighted by molar-refractivity contribution is 0.259. The molecule has 2 saturated carbocycles. The second-order valence-corrected chi connectivity index (χ2v) is 15.1. The van der Waals surface area contributed by atoms with Crippen LogP contribution >= 0.6 is 0 Å². The second-order valence-electron chi connectivity index (χ2n) is 15.1. The highest BCUT2D eigenvalue weighted by atomic mass is 16.5. The van der Waals surface area contributed by atoms with Gasteiger partial charge in [0.05, 0.1) is 24.6 Å². The molecule has 6 rings (SSSR count). The van der Waals surface area contributed by atoms with Gasteiger partial charge in [-0.3, -0.25) is 9.97 Å². The zero-order valence-electron chi connectivity index (χ0n) is 32.1. The number of ether oxygens (including phenoxy) is 2. The van der Waals surface area contributed by atoms with Crippen molar-refractivity contribution in [2.24, 2.45) is 23.7 Å². The Kier molecular flexibility index (Phi) is 15.9. The van der Waals surface area contributed by atoms with E-state index in [1.165, 1.54) is 94.6 Å². The molecule has 0 radical (unpaired) electrons. The Morgan fingerprint density at radius 3 is 1.25 bits per heavy atom. The lowest BCUT2D eigenvalue weighted by atomic mass is 9.79. The average molecular weight is 689 g/mol. The first-order valence-electron chi connectivity index (χ1n) is 20.4. The molecule has 0 amide bonds. The van der Waals surface area contributed by atoms with Crippen LogP contribution in [-0.2, 0) is 12.8 Å². The van der Waals surface area contributed by atoms with Crippen molar-refractivity contribution in [3.8, 4) is 34.0 Å². The third-order valence-electron chi connectivity index (χ3n) is 11.5. The zero-order chi connectivity index (χ0) is 35.7. The highest BCUT2D eigenvalue weighted by Crippen LogP contribution is 2.34. The summed E-state index contributed by atoms with van der Waals surface area (Å²) >= 11 is 0. The Labute approximate surface area is 309 Å². The zero-order valence-corrected chi connectivity index (χ0v) is 32.1. The third kappa shape index (κ3) is 12.5. The average Bonchev–Trinajstić information content (AvgIpc) is 3.20. The first kappa shape index (κ1) is 38.6. The molecule has 2 heterocycles. The highest BCUT2D eigenvalue weighted by Gasteiger charge is 2.20. The fraction of sp³-hybridized carbons (Fsp3) is 0.532. The van der Waals surface area contributed by atoms with Crippen LogP contribution in [0.1, 0.15) is 122 Å². The summed E-state index contributed by atoms with van der Waals surface area (Å²) in [4.78, 5) is 9.36. The Bertz CT molecular complexity index is 1500. The molecule has 0 N–H and O–H groups in total. The van der Waals surface area contributed by atoms with E-state index in [1.807, 2.05) is 31.2 Å². The quantitative estimate of drug-likeness (QED) is 0.125. The summed E-state index contributed by atoms with van der Waals surface area (Å²) < 4.78 is 11.1. The van der Waals surface area contributed by atoms with Crippen molar-refractivity contribution < 1.29 is 9.47 Å². The maximum atomic E-state index is 5.65. The maximum Gasteiger partial charge on any atom is 0.119 e. The molecule has 2 fully saturated rings. The fourth-order valence-corrected chi connectivity index (χ4v) is 7.92. The topological polar surface area (TPSA) is 44.2 Å². The number of hydrogen-bond donors (Lipinski definition) is 0. The molecule has 4 heteroatoms. The fourth-order valence-electron chi connectivity index (χ4n) is 7.92. The first-order chi connectivity index (χ1) is 25.1. The minimum Gasteiger partial charge on any atom is -0.494 e. The van der Waals surface area contributed by atoms with Gasteiger partial charge in [0, 0.05) is 23.5 Å². The van der Waals surface area contributed by atoms with Gasteiger partial charge in [-0.2, -0.15) is 0 Å². The minimum absolute atomic E-state index is 0.701. The van der Waals surface area contributed by atoms with E-state index >= 15 is 0 Å². The van der Waals surface area contributed by atoms with Crippen molar-refractivity contribution in [2.75, 3.05) is 13.2 Å². The van der Waals surface area contributed by atoms with Gasteiger partial charge in [0.1, 0.15) is 11.5 Å². The maximum absolute atomic E-state index is 5.65. The summed E-state index contributed by atoms with van der Waals surface area (Å²) in [5.41, 5.74) is 7.11. The third-order valence-corrected chi connectivity index (χ3v) is 11.5. The van der Waals surface area contributed by atoms with Gasteiger partial charge < -0.3 is 9.47 Å². The molecule has 0 aliphatic heterocycles. The Balaban J connectivity index is 0.000000198. The second kappa shape index (κ2) is 21.0. The van der Waals surface area contributed by atoms with Crippen LogP contribution in [0.25, 0.3) is 22.5 Å². The number of rotatable bonds is 15. The smallest absolute Gasteiger partial charge is 0.119 e. The molecule has 0 unspecified atom stereocenters. The van der Waals surface area contributed by atoms with Crippen LogP contribution in [0.2, 0.25) is 0 Å². The Morgan fingerprint density at radius 2 is 0.902 bits per heavy atom. The molecule has 274 valence electrons. The van der Waals surface area contributed by atoms with Crippen molar-refractivity contribution >= 4 is 0 Å². The van der Waals surface area contributed by atoms with E-state index in [9.17, 15) is 0 Å². The van der Waals surface area contributed by atoms with E-state index in [0.717, 1.165) is 77.1 Å². The molecule has 2 aromatic carbocycles. The molecule has 4 aromatic rings. The van der Waals surface area contributed by atoms with Gasteiger partial charge in [-0.15, -0.1) is 0 Å². The van der Waals surface area contributed by atoms with Crippen LogP contribution in [0, 0.1) is 23.7 Å². The van der Waals surface area contributed by atoms with Crippen molar-refractivity contribution in [2.45, 2.75) is 124 Å². The molecule has 2 aliphatic rings. The molecule has 51 heavy (non-hydrogen) atoms. The largest absolute Gasteiger partial charge is 0.494 e. The van der Waals surface area contributed by atoms with E-state index in [0.29, 0.717) is 6.61 Å². The summed E-state index contributed by atoms with van der Waals surface area (Å²) in [6.07, 6.45) is 24.3. The predicted molar refractivity (Wildman–Crippen MR) is 214 cm³/mol. The lowest BCUT2D eigenvalue weighted by Crippen LogP contribution is -2.14. The Hall–Kier alpha value is -3.66. The number of nitrogens with zero attached hydrogens (tertiary/aromatic N) is 2. The molecule has 0 saturated heterocycles. The van der Waals surface area contributed by atoms with Gasteiger partial charge in [-0.25, -0.2) is 0 Å². The van der Waals surface area contributed by atoms with Gasteiger partial charge in [0.25, 0.3) is 0 Å². The van der Waals surface area contributed by atoms with Crippen molar-refractivity contribution in [3.63, 3.8) is 0 Å². The predicted octanol–water partition coefficient (Wildman–Crippen LogP) is 13.0. The summed E-state index contributed by atoms with van der Waals surface area (Å²) in [5, 5.41) is 0. The number of pyridine rings is 2. The van der Waals surface area contributed by atoms with Gasteiger partial charge in [0.15, 0.2) is 0 Å². The van der Waals surface area contributed by atoms with Crippen molar-refractivity contribution in [3.05, 3.63) is 96.3 Å². The van der Waals surface area contributed by atoms with Crippen LogP contribution in [-0.4, -0.2) is 23.2 Å². The van der Waals surface area contributed by atoms with Crippen LogP contribution < -0.4 is 9.47 Å². The molecule has 0 spiro atoms. The number of hydrogen-bond acceptors (Lipinski definition) is 4. The van der Waals surface area contributed by atoms with Crippen molar-refractivity contribution in [1.82, 2.24) is 9.97 Å². The summed E-state index contributed by atoms with van der Waals surface area (Å²) in [7, 11) is 0. The number of aryl methyl sites for hydroxylation is 2. The molecular weight excluding hydrogens is 625 g/mol. The monoisotopic (exact) mass is 688 g/mol. The van der Waals surface area contributed by atoms with Crippen molar-refractivity contribution in [1.29, 1.82) is 0 Å². The molecule has 2 aromatic heterocycles. The standard InChI is InChI=1S/C24H33NO.C23H31NO/c1-3-17-26-23-14-12-22(13-15-23)24-16-11-21(18-25-24)10-9-20-7-5-19(4-2)6-8-20;1-3-18-5-7-19(8-6-18)9-10-20-11-16-23(24-17-20)21-12-14-22(15-13-21)25-4-2/h11-16,18-20H,3-10,17H2,1-2H3;11-19H,3-10H2,1-2H3. The first-order valence-corrected chi connectivity index (χ1v) is 20.4. The van der Waals surface area contributed by atoms with E-state index < -0.39 is 0 Å². The van der Waals surface area contributed by atoms with Crippen LogP contribution in [0.3, 0.4) is 0 Å². The van der Waals surface area contributed by atoms with Gasteiger partial charge in [0.2, 0.25) is 0 Å². The lowest BCUT2D eigenvalue weighted by Gasteiger charge is -2.27. The highest BCUT2D eigenvalue weighted by molar-refractivity contribution is 5.61. The minimum atomic E-state index is 0.701. The summed E-state index contributed by atoms with van der Waals surface area (Å²) in [5.74, 6) is 5.68.